The summed E-state index contributed by atoms with van der Waals surface area (Å²) in [7, 11) is 0. The van der Waals surface area contributed by atoms with Gasteiger partial charge in [-0.05, 0) is 30.3 Å². The van der Waals surface area contributed by atoms with E-state index in [1.807, 2.05) is 0 Å². The molecular weight excluding hydrogens is 182 g/mol. The molecule has 0 aliphatic carbocycles. The van der Waals surface area contributed by atoms with Crippen LogP contribution in [0.2, 0.25) is 0 Å². The van der Waals surface area contributed by atoms with Crippen LogP contribution in [0.5, 0.6) is 0 Å². The fraction of sp³-hybridized carbons (Fsp3) is 0. The average Bonchev–Trinajstić information content (AvgIpc) is 2.06. The summed E-state index contributed by atoms with van der Waals surface area (Å²) < 4.78 is 12.3. The Morgan fingerprint density at radius 2 is 1.85 bits per heavy atom. The van der Waals surface area contributed by atoms with Crippen molar-refractivity contribution in [3.8, 4) is 0 Å². The van der Waals surface area contributed by atoms with Crippen molar-refractivity contribution in [3.05, 3.63) is 48.0 Å². The zero-order chi connectivity index (χ0) is 8.97. The van der Waals surface area contributed by atoms with Crippen LogP contribution in [-0.4, -0.2) is 5.78 Å². The number of rotatable bonds is 2. The zero-order valence-electron chi connectivity index (χ0n) is 7.16. The maximum atomic E-state index is 12.3. The van der Waals surface area contributed by atoms with Gasteiger partial charge in [-0.25, -0.2) is 4.39 Å². The normalized spacial score (nSPS) is 9.62. The van der Waals surface area contributed by atoms with Crippen LogP contribution in [0.1, 0.15) is 10.4 Å². The third kappa shape index (κ3) is 3.72. The average molecular weight is 188 g/mol. The van der Waals surface area contributed by atoms with Gasteiger partial charge in [0.25, 0.3) is 0 Å². The summed E-state index contributed by atoms with van der Waals surface area (Å²) in [6.07, 6.45) is 1.30. The van der Waals surface area contributed by atoms with E-state index < -0.39 is 11.6 Å². The van der Waals surface area contributed by atoms with Crippen molar-refractivity contribution in [1.29, 1.82) is 0 Å². The molecule has 0 aliphatic rings. The molecule has 0 spiro atoms. The Kier molecular flexibility index (Phi) is 5.62. The van der Waals surface area contributed by atoms with Crippen LogP contribution in [0, 0.1) is 5.82 Å². The molecule has 0 aromatic heterocycles. The summed E-state index contributed by atoms with van der Waals surface area (Å²) in [6.45, 7) is 0. The Morgan fingerprint density at radius 3 is 2.31 bits per heavy atom. The van der Waals surface area contributed by atoms with E-state index in [0.717, 1.165) is 6.08 Å². The third-order valence-electron chi connectivity index (χ3n) is 1.35. The van der Waals surface area contributed by atoms with Crippen LogP contribution in [0.4, 0.5) is 4.39 Å². The molecule has 0 fully saturated rings. The van der Waals surface area contributed by atoms with E-state index in [-0.39, 0.29) is 29.6 Å². The molecule has 0 unspecified atom stereocenters. The minimum atomic E-state index is -0.412. The number of ketones is 1. The van der Waals surface area contributed by atoms with Gasteiger partial charge in [0.05, 0.1) is 0 Å². The van der Waals surface area contributed by atoms with Gasteiger partial charge in [0, 0.05) is 5.56 Å². The Bertz CT molecular complexity index is 306. The van der Waals surface area contributed by atoms with Crippen molar-refractivity contribution in [2.45, 2.75) is 0 Å². The molecule has 0 N–H and O–H groups in total. The maximum absolute atomic E-state index is 12.3. The largest absolute Gasteiger partial charge is 1.00 e. The molecule has 1 aromatic carbocycles. The van der Waals surface area contributed by atoms with Crippen molar-refractivity contribution < 1.29 is 43.8 Å². The topological polar surface area (TPSA) is 40.1 Å². The van der Waals surface area contributed by atoms with Crippen LogP contribution in [0.25, 0.3) is 0 Å². The second-order valence-corrected chi connectivity index (χ2v) is 2.17. The third-order valence-corrected chi connectivity index (χ3v) is 1.35. The summed E-state index contributed by atoms with van der Waals surface area (Å²) in [5.41, 5.74) is 0.309. The molecule has 0 atom stereocenters. The van der Waals surface area contributed by atoms with E-state index >= 15 is 0 Å². The fourth-order valence-electron chi connectivity index (χ4n) is 0.772. The first kappa shape index (κ1) is 12.4. The second kappa shape index (κ2) is 5.91. The van der Waals surface area contributed by atoms with E-state index in [2.05, 4.69) is 0 Å². The van der Waals surface area contributed by atoms with Crippen molar-refractivity contribution in [2.75, 3.05) is 0 Å². The van der Waals surface area contributed by atoms with Crippen molar-refractivity contribution >= 4 is 5.78 Å². The van der Waals surface area contributed by atoms with Gasteiger partial charge in [0.15, 0.2) is 5.78 Å². The molecular formula is C9H6FNaO2. The standard InChI is InChI=1S/C9H7FO2.Na/c10-8-3-1-7(2-4-8)9(12)5-6-11;/h1-6,11H;/q;+1/p-1. The van der Waals surface area contributed by atoms with E-state index in [9.17, 15) is 14.3 Å². The number of carbonyl (C=O) groups excluding carboxylic acids is 1. The maximum Gasteiger partial charge on any atom is 1.00 e. The van der Waals surface area contributed by atoms with Crippen molar-refractivity contribution in [2.24, 2.45) is 0 Å². The van der Waals surface area contributed by atoms with E-state index in [1.54, 1.807) is 0 Å². The summed E-state index contributed by atoms with van der Waals surface area (Å²) >= 11 is 0. The molecule has 1 rings (SSSR count). The molecule has 0 amide bonds. The first-order valence-electron chi connectivity index (χ1n) is 3.32. The molecule has 2 nitrogen and oxygen atoms in total. The van der Waals surface area contributed by atoms with Crippen LogP contribution in [0.3, 0.4) is 0 Å². The van der Waals surface area contributed by atoms with Crippen LogP contribution in [-0.2, 0) is 0 Å². The van der Waals surface area contributed by atoms with Gasteiger partial charge in [-0.15, -0.1) is 6.26 Å². The summed E-state index contributed by atoms with van der Waals surface area (Å²) in [5, 5.41) is 9.91. The Labute approximate surface area is 97.4 Å². The summed E-state index contributed by atoms with van der Waals surface area (Å²) in [4.78, 5) is 10.9. The number of allylic oxidation sites excluding steroid dienone is 1. The van der Waals surface area contributed by atoms with Crippen molar-refractivity contribution in [3.63, 3.8) is 0 Å². The smallest absolute Gasteiger partial charge is 0.878 e. The van der Waals surface area contributed by atoms with Gasteiger partial charge in [0.1, 0.15) is 5.82 Å². The minimum Gasteiger partial charge on any atom is -0.878 e. The van der Waals surface area contributed by atoms with Crippen LogP contribution < -0.4 is 34.7 Å². The van der Waals surface area contributed by atoms with E-state index in [4.69, 9.17) is 0 Å². The van der Waals surface area contributed by atoms with Gasteiger partial charge in [-0.3, -0.25) is 4.79 Å². The predicted molar refractivity (Wildman–Crippen MR) is 39.9 cm³/mol. The van der Waals surface area contributed by atoms with Crippen molar-refractivity contribution in [1.82, 2.24) is 0 Å². The molecule has 62 valence electrons. The Balaban J connectivity index is 0.00000144. The van der Waals surface area contributed by atoms with Gasteiger partial charge in [-0.2, -0.15) is 0 Å². The number of carbonyl (C=O) groups is 1. The molecule has 0 bridgehead atoms. The van der Waals surface area contributed by atoms with Gasteiger partial charge < -0.3 is 5.11 Å². The van der Waals surface area contributed by atoms with Gasteiger partial charge in [0.2, 0.25) is 0 Å². The summed E-state index contributed by atoms with van der Waals surface area (Å²) in [6, 6.07) is 5.01. The summed E-state index contributed by atoms with van der Waals surface area (Å²) in [5.74, 6) is -0.817. The SMILES string of the molecule is O=C(C=C[O-])c1ccc(F)cc1.[Na+]. The predicted octanol–water partition coefficient (Wildman–Crippen LogP) is -2.11. The van der Waals surface area contributed by atoms with Gasteiger partial charge in [-0.1, -0.05) is 0 Å². The number of halogens is 1. The monoisotopic (exact) mass is 188 g/mol. The molecule has 0 heterocycles. The van der Waals surface area contributed by atoms with Crippen LogP contribution in [0.15, 0.2) is 36.6 Å². The fourth-order valence-corrected chi connectivity index (χ4v) is 0.772. The van der Waals surface area contributed by atoms with Crippen LogP contribution >= 0.6 is 0 Å². The number of hydrogen-bond donors (Lipinski definition) is 0. The quantitative estimate of drug-likeness (QED) is 0.230. The van der Waals surface area contributed by atoms with E-state index in [1.165, 1.54) is 24.3 Å². The molecule has 0 aliphatic heterocycles. The first-order chi connectivity index (χ1) is 5.74. The van der Waals surface area contributed by atoms with E-state index in [0.29, 0.717) is 11.8 Å². The Hall–Kier alpha value is -0.640. The molecule has 13 heavy (non-hydrogen) atoms. The Morgan fingerprint density at radius 1 is 1.31 bits per heavy atom. The van der Waals surface area contributed by atoms with Gasteiger partial charge >= 0.3 is 29.6 Å². The molecule has 4 heteroatoms. The number of hydrogen-bond acceptors (Lipinski definition) is 2. The molecule has 1 aromatic rings. The first-order valence-corrected chi connectivity index (χ1v) is 3.32. The molecule has 0 saturated heterocycles. The second-order valence-electron chi connectivity index (χ2n) is 2.17. The minimum absolute atomic E-state index is 0. The number of benzene rings is 1. The molecule has 0 saturated carbocycles. The molecule has 0 radical (unpaired) electrons. The zero-order valence-corrected chi connectivity index (χ0v) is 9.16.